The molecule has 9 aromatic carbocycles. The highest BCUT2D eigenvalue weighted by atomic mass is 15.2. The Morgan fingerprint density at radius 2 is 0.875 bits per heavy atom. The number of para-hydroxylation sites is 2. The summed E-state index contributed by atoms with van der Waals surface area (Å²) in [4.78, 5) is 16.1. The molecule has 0 fully saturated rings. The maximum Gasteiger partial charge on any atom is 0.238 e. The predicted molar refractivity (Wildman–Crippen MR) is 232 cm³/mol. The molecule has 5 heteroatoms. The van der Waals surface area contributed by atoms with Gasteiger partial charge in [-0.2, -0.15) is 9.97 Å². The van der Waals surface area contributed by atoms with Crippen molar-refractivity contribution in [3.8, 4) is 34.4 Å². The molecule has 0 radical (unpaired) electrons. The summed E-state index contributed by atoms with van der Waals surface area (Å²) in [7, 11) is 0. The van der Waals surface area contributed by atoms with Gasteiger partial charge in [0.05, 0.1) is 22.1 Å². The molecular weight excluding hydrogens is 683 g/mol. The van der Waals surface area contributed by atoms with Crippen LogP contribution in [0.4, 0.5) is 0 Å². The third-order valence-corrected chi connectivity index (χ3v) is 11.3. The number of rotatable bonds is 4. The van der Waals surface area contributed by atoms with Crippen LogP contribution in [0.2, 0.25) is 0 Å². The van der Waals surface area contributed by atoms with Gasteiger partial charge >= 0.3 is 0 Å². The van der Waals surface area contributed by atoms with E-state index in [2.05, 4.69) is 179 Å². The van der Waals surface area contributed by atoms with Crippen LogP contribution >= 0.6 is 0 Å². The molecule has 0 aliphatic carbocycles. The van der Waals surface area contributed by atoms with Crippen LogP contribution in [0, 0.1) is 0 Å². The van der Waals surface area contributed by atoms with Gasteiger partial charge in [0.15, 0.2) is 11.6 Å². The van der Waals surface area contributed by atoms with Crippen molar-refractivity contribution in [3.63, 3.8) is 0 Å². The van der Waals surface area contributed by atoms with Crippen molar-refractivity contribution in [2.24, 2.45) is 0 Å². The van der Waals surface area contributed by atoms with Crippen molar-refractivity contribution in [2.45, 2.75) is 0 Å². The first kappa shape index (κ1) is 30.8. The minimum atomic E-state index is 0.578. The summed E-state index contributed by atoms with van der Waals surface area (Å²) < 4.78 is 4.76. The molecule has 0 aliphatic rings. The highest BCUT2D eigenvalue weighted by Crippen LogP contribution is 2.48. The highest BCUT2D eigenvalue weighted by Gasteiger charge is 2.27. The first-order chi connectivity index (χ1) is 27.8. The van der Waals surface area contributed by atoms with Crippen LogP contribution in [0.3, 0.4) is 0 Å². The van der Waals surface area contributed by atoms with Crippen LogP contribution in [-0.4, -0.2) is 24.1 Å². The minimum Gasteiger partial charge on any atom is -0.309 e. The summed E-state index contributed by atoms with van der Waals surface area (Å²) in [5.74, 6) is 1.83. The first-order valence-electron chi connectivity index (χ1n) is 19.0. The Bertz CT molecular complexity index is 3520. The molecule has 0 atom stereocenters. The van der Waals surface area contributed by atoms with E-state index >= 15 is 0 Å². The van der Waals surface area contributed by atoms with E-state index in [1.54, 1.807) is 0 Å². The topological polar surface area (TPSA) is 48.5 Å². The van der Waals surface area contributed by atoms with Gasteiger partial charge in [0.2, 0.25) is 5.95 Å². The summed E-state index contributed by atoms with van der Waals surface area (Å²) in [5, 5.41) is 11.6. The molecule has 0 N–H and O–H groups in total. The predicted octanol–water partition coefficient (Wildman–Crippen LogP) is 12.9. The fourth-order valence-electron chi connectivity index (χ4n) is 8.97. The lowest BCUT2D eigenvalue weighted by Gasteiger charge is -2.14. The monoisotopic (exact) mass is 713 g/mol. The van der Waals surface area contributed by atoms with Crippen LogP contribution in [-0.2, 0) is 0 Å². The Labute approximate surface area is 321 Å². The molecule has 0 bridgehead atoms. The standard InChI is InChI=1S/C51H31N5/c1-3-18-34(19-4-1)49-52-50(40-28-15-20-32-16-7-9-23-36(32)40)54-51(53-49)56-46-37-24-10-8-17-33(37)30-31-42(46)45-44-41-27-13-14-29-43(41)55(35-21-5-2-6-22-35)47(44)38-25-11-12-26-39(38)48(45)56/h1-31H. The lowest BCUT2D eigenvalue weighted by atomic mass is 9.98. The van der Waals surface area contributed by atoms with Crippen molar-refractivity contribution < 1.29 is 0 Å². The van der Waals surface area contributed by atoms with Gasteiger partial charge in [-0.15, -0.1) is 0 Å². The molecular formula is C51H31N5. The third-order valence-electron chi connectivity index (χ3n) is 11.3. The van der Waals surface area contributed by atoms with Gasteiger partial charge < -0.3 is 4.57 Å². The summed E-state index contributed by atoms with van der Waals surface area (Å²) in [5.41, 5.74) is 7.52. The number of nitrogens with zero attached hydrogens (tertiary/aromatic N) is 5. The second-order valence-electron chi connectivity index (χ2n) is 14.4. The Hall–Kier alpha value is -7.63. The molecule has 0 saturated carbocycles. The number of hydrogen-bond acceptors (Lipinski definition) is 3. The van der Waals surface area contributed by atoms with Gasteiger partial charge in [-0.25, -0.2) is 4.98 Å². The molecule has 12 aromatic rings. The summed E-state index contributed by atoms with van der Waals surface area (Å²) in [6, 6.07) is 66.6. The van der Waals surface area contributed by atoms with E-state index in [9.17, 15) is 0 Å². The van der Waals surface area contributed by atoms with E-state index in [0.29, 0.717) is 17.6 Å². The first-order valence-corrected chi connectivity index (χ1v) is 19.0. The van der Waals surface area contributed by atoms with Crippen molar-refractivity contribution in [3.05, 3.63) is 188 Å². The average Bonchev–Trinajstić information content (AvgIpc) is 3.81. The number of aromatic nitrogens is 5. The third kappa shape index (κ3) is 4.39. The number of hydrogen-bond donors (Lipinski definition) is 0. The second kappa shape index (κ2) is 11.9. The Morgan fingerprint density at radius 1 is 0.321 bits per heavy atom. The molecule has 5 nitrogen and oxygen atoms in total. The second-order valence-corrected chi connectivity index (χ2v) is 14.4. The Kier molecular flexibility index (Phi) is 6.56. The lowest BCUT2D eigenvalue weighted by molar-refractivity contribution is 0.958. The summed E-state index contributed by atoms with van der Waals surface area (Å²) in [6.07, 6.45) is 0. The molecule has 0 unspecified atom stereocenters. The normalized spacial score (nSPS) is 11.9. The fraction of sp³-hybridized carbons (Fsp3) is 0. The van der Waals surface area contributed by atoms with E-state index < -0.39 is 0 Å². The molecule has 0 aliphatic heterocycles. The van der Waals surface area contributed by atoms with Gasteiger partial charge in [0.1, 0.15) is 0 Å². The van der Waals surface area contributed by atoms with Gasteiger partial charge in [-0.3, -0.25) is 4.57 Å². The van der Waals surface area contributed by atoms with Gasteiger partial charge in [0.25, 0.3) is 0 Å². The molecule has 12 rings (SSSR count). The lowest BCUT2D eigenvalue weighted by Crippen LogP contribution is -2.07. The fourth-order valence-corrected chi connectivity index (χ4v) is 8.97. The van der Waals surface area contributed by atoms with Crippen molar-refractivity contribution in [1.82, 2.24) is 24.1 Å². The van der Waals surface area contributed by atoms with Gasteiger partial charge in [-0.1, -0.05) is 170 Å². The van der Waals surface area contributed by atoms with Crippen LogP contribution in [0.25, 0.3) is 110 Å². The molecule has 3 heterocycles. The van der Waals surface area contributed by atoms with E-state index in [-0.39, 0.29) is 0 Å². The minimum absolute atomic E-state index is 0.578. The van der Waals surface area contributed by atoms with Crippen LogP contribution in [0.1, 0.15) is 0 Å². The SMILES string of the molecule is c1ccc(-c2nc(-c3cccc4ccccc34)nc(-n3c4c5ccccc5ccc4c4c5c6ccccc6n(-c6ccccc6)c5c5ccccc5c43)n2)cc1. The summed E-state index contributed by atoms with van der Waals surface area (Å²) >= 11 is 0. The van der Waals surface area contributed by atoms with E-state index in [1.165, 1.54) is 21.7 Å². The number of benzene rings is 9. The molecule has 0 spiro atoms. The zero-order valence-electron chi connectivity index (χ0n) is 30.1. The van der Waals surface area contributed by atoms with E-state index in [4.69, 9.17) is 15.0 Å². The zero-order chi connectivity index (χ0) is 36.7. The highest BCUT2D eigenvalue weighted by molar-refractivity contribution is 6.38. The van der Waals surface area contributed by atoms with Gasteiger partial charge in [0, 0.05) is 54.5 Å². The van der Waals surface area contributed by atoms with Crippen LogP contribution < -0.4 is 0 Å². The van der Waals surface area contributed by atoms with Crippen molar-refractivity contribution in [2.75, 3.05) is 0 Å². The van der Waals surface area contributed by atoms with Crippen molar-refractivity contribution >= 4 is 75.9 Å². The quantitative estimate of drug-likeness (QED) is 0.182. The molecule has 260 valence electrons. The summed E-state index contributed by atoms with van der Waals surface area (Å²) in [6.45, 7) is 0. The molecule has 0 amide bonds. The van der Waals surface area contributed by atoms with Gasteiger partial charge in [-0.05, 0) is 34.4 Å². The van der Waals surface area contributed by atoms with Crippen molar-refractivity contribution in [1.29, 1.82) is 0 Å². The average molecular weight is 714 g/mol. The maximum absolute atomic E-state index is 5.47. The van der Waals surface area contributed by atoms with E-state index in [1.807, 2.05) is 18.2 Å². The Balaban J connectivity index is 1.33. The smallest absolute Gasteiger partial charge is 0.238 e. The van der Waals surface area contributed by atoms with Crippen LogP contribution in [0.5, 0.6) is 0 Å². The maximum atomic E-state index is 5.47. The van der Waals surface area contributed by atoms with Crippen LogP contribution in [0.15, 0.2) is 188 Å². The van der Waals surface area contributed by atoms with E-state index in [0.717, 1.165) is 71.1 Å². The Morgan fingerprint density at radius 3 is 1.64 bits per heavy atom. The molecule has 56 heavy (non-hydrogen) atoms. The zero-order valence-corrected chi connectivity index (χ0v) is 30.1. The molecule has 0 saturated heterocycles. The largest absolute Gasteiger partial charge is 0.309 e. The molecule has 3 aromatic heterocycles. The number of fused-ring (bicyclic) bond motifs is 13.